The summed E-state index contributed by atoms with van der Waals surface area (Å²) in [5.74, 6) is -0.0222. The van der Waals surface area contributed by atoms with Crippen molar-refractivity contribution >= 4 is 28.7 Å². The molecule has 1 unspecified atom stereocenters. The molecule has 3 fully saturated rings. The SMILES string of the molecule is CCN1C(=O)C2CC3(CCN(C(=O)c4ccc5ncccc5c4)CC3)CN2C1=O. The molecule has 3 aliphatic heterocycles. The Morgan fingerprint density at radius 2 is 2.00 bits per heavy atom. The third kappa shape index (κ3) is 2.79. The Labute approximate surface area is 169 Å². The molecule has 3 saturated heterocycles. The highest BCUT2D eigenvalue weighted by Gasteiger charge is 2.56. The summed E-state index contributed by atoms with van der Waals surface area (Å²) in [6.45, 7) is 4.21. The molecular weight excluding hydrogens is 368 g/mol. The van der Waals surface area contributed by atoms with Crippen molar-refractivity contribution in [2.24, 2.45) is 5.41 Å². The fraction of sp³-hybridized carbons (Fsp3) is 0.455. The molecule has 29 heavy (non-hydrogen) atoms. The summed E-state index contributed by atoms with van der Waals surface area (Å²) in [6.07, 6.45) is 4.12. The van der Waals surface area contributed by atoms with Gasteiger partial charge in [0, 0.05) is 43.3 Å². The van der Waals surface area contributed by atoms with Gasteiger partial charge in [-0.2, -0.15) is 0 Å². The van der Waals surface area contributed by atoms with E-state index >= 15 is 0 Å². The monoisotopic (exact) mass is 392 g/mol. The van der Waals surface area contributed by atoms with E-state index in [2.05, 4.69) is 4.98 Å². The molecule has 0 bridgehead atoms. The van der Waals surface area contributed by atoms with Gasteiger partial charge in [-0.05, 0) is 55.9 Å². The number of rotatable bonds is 2. The summed E-state index contributed by atoms with van der Waals surface area (Å²) in [7, 11) is 0. The molecule has 4 heterocycles. The van der Waals surface area contributed by atoms with Crippen LogP contribution >= 0.6 is 0 Å². The van der Waals surface area contributed by atoms with Gasteiger partial charge in [0.25, 0.3) is 11.8 Å². The number of aromatic nitrogens is 1. The Bertz CT molecular complexity index is 986. The van der Waals surface area contributed by atoms with Crippen molar-refractivity contribution in [3.63, 3.8) is 0 Å². The highest BCUT2D eigenvalue weighted by atomic mass is 16.2. The van der Waals surface area contributed by atoms with Gasteiger partial charge < -0.3 is 9.80 Å². The van der Waals surface area contributed by atoms with Crippen LogP contribution < -0.4 is 0 Å². The first-order chi connectivity index (χ1) is 14.0. The van der Waals surface area contributed by atoms with Gasteiger partial charge in [-0.15, -0.1) is 0 Å². The molecule has 2 aromatic rings. The number of amides is 4. The molecule has 3 aliphatic rings. The van der Waals surface area contributed by atoms with Crippen molar-refractivity contribution in [2.45, 2.75) is 32.2 Å². The number of carbonyl (C=O) groups excluding carboxylic acids is 3. The fourth-order valence-electron chi connectivity index (χ4n) is 5.14. The lowest BCUT2D eigenvalue weighted by molar-refractivity contribution is -0.128. The first-order valence-electron chi connectivity index (χ1n) is 10.3. The Hall–Kier alpha value is -2.96. The van der Waals surface area contributed by atoms with Gasteiger partial charge in [-0.1, -0.05) is 6.07 Å². The number of carbonyl (C=O) groups is 3. The van der Waals surface area contributed by atoms with Crippen molar-refractivity contribution in [3.05, 3.63) is 42.1 Å². The maximum Gasteiger partial charge on any atom is 0.327 e. The summed E-state index contributed by atoms with van der Waals surface area (Å²) in [6, 6.07) is 9.00. The van der Waals surface area contributed by atoms with E-state index in [9.17, 15) is 14.4 Å². The second kappa shape index (κ2) is 6.54. The number of imide groups is 1. The van der Waals surface area contributed by atoms with Gasteiger partial charge in [0.05, 0.1) is 5.52 Å². The minimum Gasteiger partial charge on any atom is -0.339 e. The summed E-state index contributed by atoms with van der Waals surface area (Å²) in [5, 5.41) is 0.959. The van der Waals surface area contributed by atoms with Crippen LogP contribution in [-0.2, 0) is 4.79 Å². The Kier molecular flexibility index (Phi) is 4.08. The number of likely N-dealkylation sites (N-methyl/N-ethyl adjacent to an activating group) is 1. The summed E-state index contributed by atoms with van der Waals surface area (Å²) in [5.41, 5.74) is 1.51. The van der Waals surface area contributed by atoms with Crippen LogP contribution in [0.1, 0.15) is 36.5 Å². The first kappa shape index (κ1) is 18.1. The normalized spacial score (nSPS) is 23.3. The largest absolute Gasteiger partial charge is 0.339 e. The van der Waals surface area contributed by atoms with Crippen molar-refractivity contribution in [3.8, 4) is 0 Å². The Morgan fingerprint density at radius 3 is 2.72 bits per heavy atom. The third-order valence-corrected chi connectivity index (χ3v) is 6.81. The number of likely N-dealkylation sites (tertiary alicyclic amines) is 1. The lowest BCUT2D eigenvalue weighted by Gasteiger charge is -2.39. The molecule has 1 spiro atoms. The zero-order valence-corrected chi connectivity index (χ0v) is 16.5. The van der Waals surface area contributed by atoms with E-state index in [0.29, 0.717) is 31.7 Å². The van der Waals surface area contributed by atoms with E-state index in [-0.39, 0.29) is 29.3 Å². The average Bonchev–Trinajstić information content (AvgIpc) is 3.22. The van der Waals surface area contributed by atoms with Gasteiger partial charge in [0.15, 0.2) is 0 Å². The lowest BCUT2D eigenvalue weighted by atomic mass is 9.76. The third-order valence-electron chi connectivity index (χ3n) is 6.81. The minimum absolute atomic E-state index is 0.0356. The molecule has 0 aliphatic carbocycles. The maximum absolute atomic E-state index is 13.0. The number of pyridine rings is 1. The second-order valence-corrected chi connectivity index (χ2v) is 8.42. The van der Waals surface area contributed by atoms with Gasteiger partial charge in [0.2, 0.25) is 0 Å². The van der Waals surface area contributed by atoms with E-state index in [0.717, 1.165) is 30.2 Å². The highest BCUT2D eigenvalue weighted by molar-refractivity contribution is 6.04. The molecule has 150 valence electrons. The van der Waals surface area contributed by atoms with Crippen LogP contribution in [0.2, 0.25) is 0 Å². The molecule has 1 atom stereocenters. The minimum atomic E-state index is -0.308. The van der Waals surface area contributed by atoms with E-state index in [4.69, 9.17) is 0 Å². The summed E-state index contributed by atoms with van der Waals surface area (Å²) in [4.78, 5) is 47.3. The molecule has 5 rings (SSSR count). The van der Waals surface area contributed by atoms with Crippen LogP contribution in [0.15, 0.2) is 36.5 Å². The number of urea groups is 1. The van der Waals surface area contributed by atoms with E-state index < -0.39 is 0 Å². The molecule has 0 radical (unpaired) electrons. The van der Waals surface area contributed by atoms with Crippen LogP contribution in [0.5, 0.6) is 0 Å². The quantitative estimate of drug-likeness (QED) is 0.736. The van der Waals surface area contributed by atoms with Crippen LogP contribution in [0.4, 0.5) is 4.79 Å². The summed E-state index contributed by atoms with van der Waals surface area (Å²) < 4.78 is 0. The molecule has 1 aromatic heterocycles. The van der Waals surface area contributed by atoms with E-state index in [1.807, 2.05) is 42.2 Å². The van der Waals surface area contributed by atoms with Gasteiger partial charge in [0.1, 0.15) is 6.04 Å². The number of hydrogen-bond acceptors (Lipinski definition) is 4. The molecule has 7 nitrogen and oxygen atoms in total. The highest BCUT2D eigenvalue weighted by Crippen LogP contribution is 2.46. The van der Waals surface area contributed by atoms with E-state index in [1.54, 1.807) is 11.1 Å². The number of fused-ring (bicyclic) bond motifs is 2. The van der Waals surface area contributed by atoms with Gasteiger partial charge in [-0.3, -0.25) is 19.5 Å². The molecule has 4 amide bonds. The smallest absolute Gasteiger partial charge is 0.327 e. The van der Waals surface area contributed by atoms with Crippen LogP contribution in [0.3, 0.4) is 0 Å². The number of nitrogens with zero attached hydrogens (tertiary/aromatic N) is 4. The van der Waals surface area contributed by atoms with Gasteiger partial charge >= 0.3 is 6.03 Å². The van der Waals surface area contributed by atoms with Crippen molar-refractivity contribution in [2.75, 3.05) is 26.2 Å². The number of piperidine rings is 1. The first-order valence-corrected chi connectivity index (χ1v) is 10.3. The number of benzene rings is 1. The predicted molar refractivity (Wildman–Crippen MR) is 107 cm³/mol. The van der Waals surface area contributed by atoms with Crippen LogP contribution in [0.25, 0.3) is 10.9 Å². The standard InChI is InChI=1S/C22H24N4O3/c1-2-25-20(28)18-13-22(14-26(18)21(25)29)7-10-24(11-8-22)19(27)16-5-6-17-15(12-16)4-3-9-23-17/h3-6,9,12,18H,2,7-8,10-11,13-14H2,1H3. The maximum atomic E-state index is 13.0. The lowest BCUT2D eigenvalue weighted by Crippen LogP contribution is -2.45. The van der Waals surface area contributed by atoms with Crippen molar-refractivity contribution in [1.82, 2.24) is 19.7 Å². The number of hydrogen-bond donors (Lipinski definition) is 0. The van der Waals surface area contributed by atoms with Crippen molar-refractivity contribution in [1.29, 1.82) is 0 Å². The van der Waals surface area contributed by atoms with Crippen LogP contribution in [0, 0.1) is 5.41 Å². The Morgan fingerprint density at radius 1 is 1.21 bits per heavy atom. The average molecular weight is 392 g/mol. The second-order valence-electron chi connectivity index (χ2n) is 8.42. The predicted octanol–water partition coefficient (Wildman–Crippen LogP) is 2.51. The fourth-order valence-corrected chi connectivity index (χ4v) is 5.14. The molecule has 7 heteroatoms. The molecular formula is C22H24N4O3. The zero-order chi connectivity index (χ0) is 20.2. The van der Waals surface area contributed by atoms with E-state index in [1.165, 1.54) is 4.90 Å². The molecule has 0 saturated carbocycles. The zero-order valence-electron chi connectivity index (χ0n) is 16.5. The van der Waals surface area contributed by atoms with Gasteiger partial charge in [-0.25, -0.2) is 4.79 Å². The van der Waals surface area contributed by atoms with Crippen molar-refractivity contribution < 1.29 is 14.4 Å². The van der Waals surface area contributed by atoms with Crippen LogP contribution in [-0.4, -0.2) is 69.8 Å². The molecule has 1 aromatic carbocycles. The Balaban J connectivity index is 1.28. The molecule has 0 N–H and O–H groups in total. The summed E-state index contributed by atoms with van der Waals surface area (Å²) >= 11 is 0. The topological polar surface area (TPSA) is 73.8 Å².